The van der Waals surface area contributed by atoms with Crippen LogP contribution in [0, 0.1) is 0 Å². The molecule has 1 fully saturated rings. The number of halogens is 1. The Balaban J connectivity index is 1.49. The second-order valence-corrected chi connectivity index (χ2v) is 6.31. The van der Waals surface area contributed by atoms with E-state index in [9.17, 15) is 4.79 Å². The molecule has 1 saturated heterocycles. The van der Waals surface area contributed by atoms with Crippen LogP contribution in [0.5, 0.6) is 0 Å². The molecule has 1 aliphatic rings. The molecule has 1 N–H and O–H groups in total. The van der Waals surface area contributed by atoms with Gasteiger partial charge in [0.05, 0.1) is 0 Å². The van der Waals surface area contributed by atoms with E-state index in [1.165, 1.54) is 24.1 Å². The van der Waals surface area contributed by atoms with Crippen molar-refractivity contribution in [2.75, 3.05) is 24.5 Å². The van der Waals surface area contributed by atoms with Crippen molar-refractivity contribution >= 4 is 23.2 Å². The third-order valence-electron chi connectivity index (χ3n) is 4.19. The smallest absolute Gasteiger partial charge is 0.251 e. The Morgan fingerprint density at radius 3 is 2.52 bits per heavy atom. The van der Waals surface area contributed by atoms with Gasteiger partial charge in [-0.2, -0.15) is 0 Å². The van der Waals surface area contributed by atoms with E-state index >= 15 is 0 Å². The molecule has 120 valence electrons. The fraction of sp³-hybridized carbons (Fsp3) is 0.316. The highest BCUT2D eigenvalue weighted by atomic mass is 35.5. The van der Waals surface area contributed by atoms with E-state index in [4.69, 9.17) is 11.6 Å². The van der Waals surface area contributed by atoms with Crippen molar-refractivity contribution < 1.29 is 4.79 Å². The van der Waals surface area contributed by atoms with Gasteiger partial charge in [0.1, 0.15) is 0 Å². The van der Waals surface area contributed by atoms with E-state index in [1.807, 2.05) is 0 Å². The lowest BCUT2D eigenvalue weighted by Crippen LogP contribution is -2.25. The molecule has 1 amide bonds. The van der Waals surface area contributed by atoms with E-state index in [0.29, 0.717) is 17.1 Å². The Labute approximate surface area is 142 Å². The zero-order valence-corrected chi connectivity index (χ0v) is 13.9. The minimum Gasteiger partial charge on any atom is -0.372 e. The largest absolute Gasteiger partial charge is 0.372 e. The molecule has 1 heterocycles. The van der Waals surface area contributed by atoms with Crippen LogP contribution < -0.4 is 10.2 Å². The molecule has 0 unspecified atom stereocenters. The van der Waals surface area contributed by atoms with Crippen molar-refractivity contribution in [3.8, 4) is 0 Å². The van der Waals surface area contributed by atoms with Crippen molar-refractivity contribution in [3.63, 3.8) is 0 Å². The van der Waals surface area contributed by atoms with Gasteiger partial charge in [0, 0.05) is 35.9 Å². The lowest BCUT2D eigenvalue weighted by atomic mass is 10.1. The van der Waals surface area contributed by atoms with Crippen LogP contribution in [0.4, 0.5) is 5.69 Å². The summed E-state index contributed by atoms with van der Waals surface area (Å²) in [6.45, 7) is 2.94. The Kier molecular flexibility index (Phi) is 5.19. The molecule has 0 bridgehead atoms. The molecular formula is C19H21ClN2O. The minimum atomic E-state index is -0.0822. The number of anilines is 1. The van der Waals surface area contributed by atoms with Crippen molar-refractivity contribution in [1.82, 2.24) is 5.32 Å². The SMILES string of the molecule is O=C(NCCc1ccc(N2CCCC2)cc1)c1cccc(Cl)c1. The molecule has 0 aromatic heterocycles. The fourth-order valence-corrected chi connectivity index (χ4v) is 3.09. The van der Waals surface area contributed by atoms with E-state index in [-0.39, 0.29) is 5.91 Å². The molecule has 3 rings (SSSR count). The van der Waals surface area contributed by atoms with Crippen molar-refractivity contribution in [1.29, 1.82) is 0 Å². The molecule has 0 spiro atoms. The van der Waals surface area contributed by atoms with Gasteiger partial charge >= 0.3 is 0 Å². The van der Waals surface area contributed by atoms with E-state index in [1.54, 1.807) is 24.3 Å². The van der Waals surface area contributed by atoms with E-state index in [0.717, 1.165) is 19.5 Å². The van der Waals surface area contributed by atoms with Crippen molar-refractivity contribution in [3.05, 3.63) is 64.7 Å². The summed E-state index contributed by atoms with van der Waals surface area (Å²) in [7, 11) is 0. The van der Waals surface area contributed by atoms with Crippen LogP contribution in [-0.4, -0.2) is 25.5 Å². The van der Waals surface area contributed by atoms with Gasteiger partial charge in [-0.25, -0.2) is 0 Å². The van der Waals surface area contributed by atoms with Crippen molar-refractivity contribution in [2.24, 2.45) is 0 Å². The Morgan fingerprint density at radius 1 is 1.09 bits per heavy atom. The number of amides is 1. The Hall–Kier alpha value is -2.00. The number of carbonyl (C=O) groups is 1. The first-order valence-corrected chi connectivity index (χ1v) is 8.48. The second kappa shape index (κ2) is 7.51. The summed E-state index contributed by atoms with van der Waals surface area (Å²) in [5.41, 5.74) is 3.13. The zero-order valence-electron chi connectivity index (χ0n) is 13.1. The van der Waals surface area contributed by atoms with Gasteiger partial charge < -0.3 is 10.2 Å². The molecular weight excluding hydrogens is 308 g/mol. The molecule has 0 atom stereocenters. The summed E-state index contributed by atoms with van der Waals surface area (Å²) in [5.74, 6) is -0.0822. The van der Waals surface area contributed by atoms with Crippen LogP contribution in [0.15, 0.2) is 48.5 Å². The number of nitrogens with one attached hydrogen (secondary N) is 1. The third kappa shape index (κ3) is 4.26. The van der Waals surface area contributed by atoms with Gasteiger partial charge in [0.2, 0.25) is 0 Å². The number of rotatable bonds is 5. The summed E-state index contributed by atoms with van der Waals surface area (Å²) in [6.07, 6.45) is 3.40. The Morgan fingerprint density at radius 2 is 1.83 bits per heavy atom. The highest BCUT2D eigenvalue weighted by Crippen LogP contribution is 2.20. The highest BCUT2D eigenvalue weighted by Gasteiger charge is 2.11. The topological polar surface area (TPSA) is 32.3 Å². The number of nitrogens with zero attached hydrogens (tertiary/aromatic N) is 1. The zero-order chi connectivity index (χ0) is 16.1. The number of hydrogen-bond donors (Lipinski definition) is 1. The molecule has 2 aromatic carbocycles. The standard InChI is InChI=1S/C19H21ClN2O/c20-17-5-3-4-16(14-17)19(23)21-11-10-15-6-8-18(9-7-15)22-12-1-2-13-22/h3-9,14H,1-2,10-13H2,(H,21,23). The molecule has 3 nitrogen and oxygen atoms in total. The average molecular weight is 329 g/mol. The van der Waals surface area contributed by atoms with Crippen LogP contribution in [0.2, 0.25) is 5.02 Å². The summed E-state index contributed by atoms with van der Waals surface area (Å²) in [5, 5.41) is 3.52. The number of carbonyl (C=O) groups excluding carboxylic acids is 1. The number of hydrogen-bond acceptors (Lipinski definition) is 2. The fourth-order valence-electron chi connectivity index (χ4n) is 2.90. The predicted molar refractivity (Wildman–Crippen MR) is 95.4 cm³/mol. The summed E-state index contributed by atoms with van der Waals surface area (Å²) in [4.78, 5) is 14.5. The predicted octanol–water partition coefficient (Wildman–Crippen LogP) is 3.91. The monoisotopic (exact) mass is 328 g/mol. The van der Waals surface area contributed by atoms with Crippen LogP contribution in [0.3, 0.4) is 0 Å². The molecule has 1 aliphatic heterocycles. The van der Waals surface area contributed by atoms with Crippen LogP contribution in [0.25, 0.3) is 0 Å². The molecule has 0 saturated carbocycles. The molecule has 2 aromatic rings. The third-order valence-corrected chi connectivity index (χ3v) is 4.43. The average Bonchev–Trinajstić information content (AvgIpc) is 3.10. The van der Waals surface area contributed by atoms with Crippen LogP contribution in [-0.2, 0) is 6.42 Å². The highest BCUT2D eigenvalue weighted by molar-refractivity contribution is 6.30. The minimum absolute atomic E-state index is 0.0822. The van der Waals surface area contributed by atoms with Gasteiger partial charge in [-0.1, -0.05) is 29.8 Å². The lowest BCUT2D eigenvalue weighted by Gasteiger charge is -2.17. The van der Waals surface area contributed by atoms with Crippen LogP contribution >= 0.6 is 11.6 Å². The maximum absolute atomic E-state index is 12.0. The first-order chi connectivity index (χ1) is 11.2. The molecule has 0 radical (unpaired) electrons. The van der Waals surface area contributed by atoms with Gasteiger partial charge in [-0.05, 0) is 55.2 Å². The van der Waals surface area contributed by atoms with Gasteiger partial charge in [-0.15, -0.1) is 0 Å². The molecule has 4 heteroatoms. The quantitative estimate of drug-likeness (QED) is 0.902. The normalized spacial score (nSPS) is 14.0. The summed E-state index contributed by atoms with van der Waals surface area (Å²) in [6, 6.07) is 15.7. The van der Waals surface area contributed by atoms with Crippen molar-refractivity contribution in [2.45, 2.75) is 19.3 Å². The maximum atomic E-state index is 12.0. The summed E-state index contributed by atoms with van der Waals surface area (Å²) < 4.78 is 0. The second-order valence-electron chi connectivity index (χ2n) is 5.88. The lowest BCUT2D eigenvalue weighted by molar-refractivity contribution is 0.0954. The first-order valence-electron chi connectivity index (χ1n) is 8.10. The van der Waals surface area contributed by atoms with Gasteiger partial charge in [-0.3, -0.25) is 4.79 Å². The maximum Gasteiger partial charge on any atom is 0.251 e. The van der Waals surface area contributed by atoms with Gasteiger partial charge in [0.25, 0.3) is 5.91 Å². The summed E-state index contributed by atoms with van der Waals surface area (Å²) >= 11 is 5.90. The van der Waals surface area contributed by atoms with E-state index in [2.05, 4.69) is 34.5 Å². The molecule has 0 aliphatic carbocycles. The molecule has 23 heavy (non-hydrogen) atoms. The van der Waals surface area contributed by atoms with E-state index < -0.39 is 0 Å². The first kappa shape index (κ1) is 15.9. The number of benzene rings is 2. The Bertz CT molecular complexity index is 663. The van der Waals surface area contributed by atoms with Gasteiger partial charge in [0.15, 0.2) is 0 Å². The van der Waals surface area contributed by atoms with Crippen LogP contribution in [0.1, 0.15) is 28.8 Å².